The highest BCUT2D eigenvalue weighted by molar-refractivity contribution is 7.89. The number of piperidine rings is 1. The number of halogens is 3. The lowest BCUT2D eigenvalue weighted by atomic mass is 10.0. The number of methoxy groups -OCH3 is 1. The van der Waals surface area contributed by atoms with Crippen LogP contribution in [0.4, 0.5) is 14.5 Å². The first-order valence-electron chi connectivity index (χ1n) is 10.1. The highest BCUT2D eigenvalue weighted by Crippen LogP contribution is 2.32. The Morgan fingerprint density at radius 1 is 1.28 bits per heavy atom. The molecule has 0 saturated carbocycles. The van der Waals surface area contributed by atoms with Gasteiger partial charge in [-0.2, -0.15) is 0 Å². The lowest BCUT2D eigenvalue weighted by Crippen LogP contribution is -2.57. The minimum atomic E-state index is -3.69. The van der Waals surface area contributed by atoms with Crippen molar-refractivity contribution in [1.29, 1.82) is 0 Å². The number of rotatable bonds is 8. The molecule has 0 radical (unpaired) electrons. The van der Waals surface area contributed by atoms with Crippen molar-refractivity contribution in [2.75, 3.05) is 32.5 Å². The molecule has 0 bridgehead atoms. The molecular formula is C21H25ClF2N3O4S+. The summed E-state index contributed by atoms with van der Waals surface area (Å²) in [7, 11) is -2.43. The normalized spacial score (nSPS) is 21.3. The molecule has 1 aromatic heterocycles. The highest BCUT2D eigenvalue weighted by atomic mass is 35.5. The van der Waals surface area contributed by atoms with Crippen LogP contribution >= 0.6 is 11.6 Å². The Kier molecular flexibility index (Phi) is 7.81. The van der Waals surface area contributed by atoms with Crippen molar-refractivity contribution in [2.45, 2.75) is 25.6 Å². The van der Waals surface area contributed by atoms with Crippen LogP contribution in [0.25, 0.3) is 0 Å². The molecule has 1 saturated heterocycles. The van der Waals surface area contributed by atoms with Gasteiger partial charge in [-0.1, -0.05) is 11.6 Å². The monoisotopic (exact) mass is 488 g/mol. The number of sulfonamides is 1. The fourth-order valence-electron chi connectivity index (χ4n) is 3.74. The van der Waals surface area contributed by atoms with Crippen LogP contribution in [0.5, 0.6) is 0 Å². The van der Waals surface area contributed by atoms with Crippen molar-refractivity contribution in [3.8, 4) is 0 Å². The zero-order valence-corrected chi connectivity index (χ0v) is 19.1. The summed E-state index contributed by atoms with van der Waals surface area (Å²) in [6, 6.07) is 7.35. The van der Waals surface area contributed by atoms with Crippen LogP contribution in [-0.2, 0) is 21.3 Å². The number of nitrogens with one attached hydrogen (secondary N) is 1. The Morgan fingerprint density at radius 2 is 2.00 bits per heavy atom. The third-order valence-electron chi connectivity index (χ3n) is 5.70. The Bertz CT molecular complexity index is 1060. The van der Waals surface area contributed by atoms with E-state index in [0.29, 0.717) is 37.3 Å². The number of hydrogen-bond donors (Lipinski definition) is 1. The van der Waals surface area contributed by atoms with E-state index < -0.39 is 28.0 Å². The van der Waals surface area contributed by atoms with Crippen molar-refractivity contribution in [2.24, 2.45) is 0 Å². The van der Waals surface area contributed by atoms with E-state index in [0.717, 1.165) is 0 Å². The number of hydrogen-bond acceptors (Lipinski definition) is 5. The molecule has 1 fully saturated rings. The number of ether oxygens (including phenoxy) is 1. The van der Waals surface area contributed by atoms with Gasteiger partial charge in [-0.3, -0.25) is 9.47 Å². The minimum absolute atomic E-state index is 0.0429. The third-order valence-corrected chi connectivity index (χ3v) is 7.29. The predicted molar refractivity (Wildman–Crippen MR) is 118 cm³/mol. The molecule has 174 valence electrons. The maximum atomic E-state index is 13.8. The first-order chi connectivity index (χ1) is 15.1. The first-order valence-corrected chi connectivity index (χ1v) is 12.1. The lowest BCUT2D eigenvalue weighted by molar-refractivity contribution is 0.0600. The number of aromatic nitrogens is 1. The topological polar surface area (TPSA) is 85.4 Å². The number of pyridine rings is 1. The number of esters is 1. The van der Waals surface area contributed by atoms with Crippen LogP contribution in [0.1, 0.15) is 28.9 Å². The fourth-order valence-corrected chi connectivity index (χ4v) is 5.02. The van der Waals surface area contributed by atoms with E-state index in [1.807, 2.05) is 0 Å². The van der Waals surface area contributed by atoms with Gasteiger partial charge in [0.1, 0.15) is 23.4 Å². The molecule has 0 unspecified atom stereocenters. The van der Waals surface area contributed by atoms with Crippen LogP contribution in [-0.4, -0.2) is 58.0 Å². The van der Waals surface area contributed by atoms with E-state index in [1.54, 1.807) is 6.07 Å². The Hall–Kier alpha value is -2.14. The number of benzene rings is 1. The predicted octanol–water partition coefficient (Wildman–Crippen LogP) is 3.22. The molecule has 1 aromatic carbocycles. The zero-order chi connectivity index (χ0) is 23.4. The Balaban J connectivity index is 1.68. The highest BCUT2D eigenvalue weighted by Gasteiger charge is 2.37. The summed E-state index contributed by atoms with van der Waals surface area (Å²) in [5, 5.41) is -0.0511. The SMILES string of the molecule is COC(=O)c1ccc(CNS(=O)(=O)CC[N+]2(c3ccc(F)c(Cl)c3)CCC(F)CC2)nc1. The molecule has 0 amide bonds. The van der Waals surface area contributed by atoms with Gasteiger partial charge < -0.3 is 4.74 Å². The summed E-state index contributed by atoms with van der Waals surface area (Å²) in [4.78, 5) is 15.5. The first kappa shape index (κ1) is 24.5. The smallest absolute Gasteiger partial charge is 0.339 e. The standard InChI is InChI=1S/C21H25ClF2N3O4S/c1-31-21(28)15-2-3-17(25-13-15)14-26-32(29,30)11-10-27(8-6-16(23)7-9-27)18-4-5-20(24)19(22)12-18/h2-5,12-13,16,26H,6-11,14H2,1H3/q+1. The molecule has 0 aliphatic carbocycles. The summed E-state index contributed by atoms with van der Waals surface area (Å²) in [6.07, 6.45) is 0.957. The van der Waals surface area contributed by atoms with Gasteiger partial charge in [0.15, 0.2) is 0 Å². The van der Waals surface area contributed by atoms with Crippen molar-refractivity contribution < 1.29 is 26.7 Å². The minimum Gasteiger partial charge on any atom is -0.465 e. The molecule has 11 heteroatoms. The van der Waals surface area contributed by atoms with E-state index in [9.17, 15) is 22.0 Å². The second-order valence-corrected chi connectivity index (χ2v) is 10.1. The number of likely N-dealkylation sites (tertiary alicyclic amines) is 1. The average molecular weight is 489 g/mol. The molecule has 1 aliphatic rings. The van der Waals surface area contributed by atoms with Gasteiger partial charge in [-0.05, 0) is 18.2 Å². The summed E-state index contributed by atoms with van der Waals surface area (Å²) >= 11 is 5.95. The summed E-state index contributed by atoms with van der Waals surface area (Å²) in [5.41, 5.74) is 1.37. The molecule has 1 N–H and O–H groups in total. The van der Waals surface area contributed by atoms with Crippen LogP contribution in [0.15, 0.2) is 36.5 Å². The number of quaternary nitrogens is 1. The van der Waals surface area contributed by atoms with Gasteiger partial charge in [0.25, 0.3) is 0 Å². The van der Waals surface area contributed by atoms with Crippen molar-refractivity contribution in [3.63, 3.8) is 0 Å². The van der Waals surface area contributed by atoms with Gasteiger partial charge in [0.05, 0.1) is 49.6 Å². The molecule has 7 nitrogen and oxygen atoms in total. The van der Waals surface area contributed by atoms with Crippen LogP contribution in [0.3, 0.4) is 0 Å². The Labute approximate surface area is 191 Å². The summed E-state index contributed by atoms with van der Waals surface area (Å²) in [5.74, 6) is -1.30. The van der Waals surface area contributed by atoms with Crippen LogP contribution in [0, 0.1) is 5.82 Å². The van der Waals surface area contributed by atoms with Gasteiger partial charge in [-0.15, -0.1) is 0 Å². The molecule has 2 aromatic rings. The molecule has 0 atom stereocenters. The molecule has 0 spiro atoms. The average Bonchev–Trinajstić information content (AvgIpc) is 2.79. The largest absolute Gasteiger partial charge is 0.465 e. The maximum absolute atomic E-state index is 13.8. The van der Waals surface area contributed by atoms with E-state index in [1.165, 1.54) is 37.6 Å². The molecule has 32 heavy (non-hydrogen) atoms. The molecule has 2 heterocycles. The number of alkyl halides is 1. The van der Waals surface area contributed by atoms with Gasteiger partial charge >= 0.3 is 5.97 Å². The van der Waals surface area contributed by atoms with Gasteiger partial charge in [-0.25, -0.2) is 26.7 Å². The van der Waals surface area contributed by atoms with Gasteiger partial charge in [0.2, 0.25) is 10.0 Å². The van der Waals surface area contributed by atoms with Crippen LogP contribution in [0.2, 0.25) is 5.02 Å². The second kappa shape index (κ2) is 10.2. The quantitative estimate of drug-likeness (QED) is 0.455. The van der Waals surface area contributed by atoms with Crippen molar-refractivity contribution in [3.05, 3.63) is 58.6 Å². The fraction of sp³-hybridized carbons (Fsp3) is 0.429. The van der Waals surface area contributed by atoms with Crippen molar-refractivity contribution in [1.82, 2.24) is 14.2 Å². The molecule has 1 aliphatic heterocycles. The number of nitrogens with zero attached hydrogens (tertiary/aromatic N) is 2. The van der Waals surface area contributed by atoms with Crippen LogP contribution < -0.4 is 9.21 Å². The Morgan fingerprint density at radius 3 is 2.59 bits per heavy atom. The second-order valence-electron chi connectivity index (χ2n) is 7.76. The molecule has 3 rings (SSSR count). The van der Waals surface area contributed by atoms with E-state index >= 15 is 0 Å². The van der Waals surface area contributed by atoms with E-state index in [4.69, 9.17) is 11.6 Å². The third kappa shape index (κ3) is 6.00. The zero-order valence-electron chi connectivity index (χ0n) is 17.6. The number of carbonyl (C=O) groups is 1. The van der Waals surface area contributed by atoms with Crippen molar-refractivity contribution >= 4 is 33.3 Å². The van der Waals surface area contributed by atoms with E-state index in [2.05, 4.69) is 14.4 Å². The summed E-state index contributed by atoms with van der Waals surface area (Å²) in [6.45, 7) is 0.946. The lowest BCUT2D eigenvalue weighted by Gasteiger charge is -2.42. The molecular weight excluding hydrogens is 464 g/mol. The number of carbonyl (C=O) groups excluding carboxylic acids is 1. The van der Waals surface area contributed by atoms with Gasteiger partial charge in [0, 0.05) is 31.2 Å². The summed E-state index contributed by atoms with van der Waals surface area (Å²) < 4.78 is 60.1. The maximum Gasteiger partial charge on any atom is 0.339 e. The van der Waals surface area contributed by atoms with E-state index in [-0.39, 0.29) is 33.9 Å².